The largest absolute Gasteiger partial charge is 0.354 e. The monoisotopic (exact) mass is 400 g/mol. The number of aryl methyl sites for hydroxylation is 1. The topological polar surface area (TPSA) is 39.7 Å². The van der Waals surface area contributed by atoms with E-state index in [0.717, 1.165) is 70.0 Å². The lowest BCUT2D eigenvalue weighted by atomic mass is 10.0. The molecule has 2 aliphatic rings. The SMILES string of the molecule is O=C1c2ccccc2CCCN1CCN1CCN(c2nccc3ccccc23)CC1. The Kier molecular flexibility index (Phi) is 5.37. The summed E-state index contributed by atoms with van der Waals surface area (Å²) < 4.78 is 0. The third-order valence-corrected chi connectivity index (χ3v) is 6.42. The molecule has 2 aromatic carbocycles. The summed E-state index contributed by atoms with van der Waals surface area (Å²) in [6.45, 7) is 6.54. The zero-order valence-electron chi connectivity index (χ0n) is 17.3. The fraction of sp³-hybridized carbons (Fsp3) is 0.360. The van der Waals surface area contributed by atoms with E-state index in [2.05, 4.69) is 51.2 Å². The van der Waals surface area contributed by atoms with Gasteiger partial charge < -0.3 is 9.80 Å². The first-order valence-corrected chi connectivity index (χ1v) is 11.0. The number of anilines is 1. The molecule has 30 heavy (non-hydrogen) atoms. The second-order valence-electron chi connectivity index (χ2n) is 8.24. The lowest BCUT2D eigenvalue weighted by Gasteiger charge is -2.36. The van der Waals surface area contributed by atoms with Crippen LogP contribution in [0.1, 0.15) is 22.3 Å². The Hall–Kier alpha value is -2.92. The van der Waals surface area contributed by atoms with E-state index in [1.807, 2.05) is 29.3 Å². The fourth-order valence-corrected chi connectivity index (χ4v) is 4.69. The van der Waals surface area contributed by atoms with Crippen molar-refractivity contribution in [1.82, 2.24) is 14.8 Å². The average Bonchev–Trinajstić information content (AvgIpc) is 2.96. The van der Waals surface area contributed by atoms with Gasteiger partial charge in [-0.25, -0.2) is 4.98 Å². The number of amides is 1. The summed E-state index contributed by atoms with van der Waals surface area (Å²) in [5.74, 6) is 1.29. The van der Waals surface area contributed by atoms with Gasteiger partial charge in [-0.3, -0.25) is 9.69 Å². The molecule has 3 heterocycles. The van der Waals surface area contributed by atoms with Crippen molar-refractivity contribution in [2.45, 2.75) is 12.8 Å². The predicted molar refractivity (Wildman–Crippen MR) is 121 cm³/mol. The minimum absolute atomic E-state index is 0.196. The molecule has 0 N–H and O–H groups in total. The number of carbonyl (C=O) groups excluding carboxylic acids is 1. The van der Waals surface area contributed by atoms with Gasteiger partial charge in [0, 0.05) is 63.0 Å². The second kappa shape index (κ2) is 8.44. The van der Waals surface area contributed by atoms with Gasteiger partial charge in [0.15, 0.2) is 0 Å². The zero-order chi connectivity index (χ0) is 20.3. The molecule has 5 rings (SSSR count). The fourth-order valence-electron chi connectivity index (χ4n) is 4.69. The molecule has 1 amide bonds. The van der Waals surface area contributed by atoms with Crippen molar-refractivity contribution in [3.8, 4) is 0 Å². The van der Waals surface area contributed by atoms with Crippen LogP contribution < -0.4 is 4.90 Å². The Morgan fingerprint density at radius 3 is 2.53 bits per heavy atom. The molecule has 3 aromatic rings. The van der Waals surface area contributed by atoms with Crippen molar-refractivity contribution in [3.05, 3.63) is 71.9 Å². The van der Waals surface area contributed by atoms with Crippen LogP contribution in [0.5, 0.6) is 0 Å². The highest BCUT2D eigenvalue weighted by Crippen LogP contribution is 2.25. The Morgan fingerprint density at radius 1 is 0.833 bits per heavy atom. The maximum Gasteiger partial charge on any atom is 0.254 e. The van der Waals surface area contributed by atoms with Crippen LogP contribution in [0.3, 0.4) is 0 Å². The number of hydrogen-bond acceptors (Lipinski definition) is 4. The van der Waals surface area contributed by atoms with Crippen LogP contribution in [0.2, 0.25) is 0 Å². The van der Waals surface area contributed by atoms with E-state index in [9.17, 15) is 4.79 Å². The van der Waals surface area contributed by atoms with Crippen LogP contribution in [-0.2, 0) is 6.42 Å². The lowest BCUT2D eigenvalue weighted by Crippen LogP contribution is -2.49. The number of rotatable bonds is 4. The number of pyridine rings is 1. The van der Waals surface area contributed by atoms with Crippen LogP contribution in [0.4, 0.5) is 5.82 Å². The maximum absolute atomic E-state index is 13.0. The van der Waals surface area contributed by atoms with Gasteiger partial charge in [0.05, 0.1) is 0 Å². The summed E-state index contributed by atoms with van der Waals surface area (Å²) >= 11 is 0. The highest BCUT2D eigenvalue weighted by molar-refractivity contribution is 5.96. The van der Waals surface area contributed by atoms with Crippen molar-refractivity contribution >= 4 is 22.5 Å². The number of hydrogen-bond donors (Lipinski definition) is 0. The molecule has 5 heteroatoms. The lowest BCUT2D eigenvalue weighted by molar-refractivity contribution is 0.0739. The molecule has 0 spiro atoms. The van der Waals surface area contributed by atoms with E-state index in [1.54, 1.807) is 0 Å². The number of nitrogens with zero attached hydrogens (tertiary/aromatic N) is 4. The van der Waals surface area contributed by atoms with Crippen molar-refractivity contribution in [2.75, 3.05) is 50.7 Å². The van der Waals surface area contributed by atoms with Crippen molar-refractivity contribution < 1.29 is 4.79 Å². The number of carbonyl (C=O) groups is 1. The molecule has 2 aliphatic heterocycles. The zero-order valence-corrected chi connectivity index (χ0v) is 17.3. The molecular formula is C25H28N4O. The van der Waals surface area contributed by atoms with Crippen LogP contribution in [0.25, 0.3) is 10.8 Å². The Labute approximate surface area is 177 Å². The molecule has 0 atom stereocenters. The summed E-state index contributed by atoms with van der Waals surface area (Å²) in [5.41, 5.74) is 2.09. The van der Waals surface area contributed by atoms with Crippen LogP contribution in [0, 0.1) is 0 Å². The number of benzene rings is 2. The standard InChI is InChI=1S/C25H28N4O/c30-25-23-10-4-2-6-20(23)8-5-13-29(25)19-16-27-14-17-28(18-15-27)24-22-9-3-1-7-21(22)11-12-26-24/h1-4,6-7,9-12H,5,8,13-19H2. The van der Waals surface area contributed by atoms with E-state index in [4.69, 9.17) is 0 Å². The summed E-state index contributed by atoms with van der Waals surface area (Å²) in [5, 5.41) is 2.46. The van der Waals surface area contributed by atoms with Crippen LogP contribution >= 0.6 is 0 Å². The van der Waals surface area contributed by atoms with Crippen molar-refractivity contribution in [3.63, 3.8) is 0 Å². The van der Waals surface area contributed by atoms with E-state index in [0.29, 0.717) is 0 Å². The summed E-state index contributed by atoms with van der Waals surface area (Å²) in [6.07, 6.45) is 3.95. The normalized spacial score (nSPS) is 17.8. The van der Waals surface area contributed by atoms with Gasteiger partial charge in [-0.05, 0) is 35.9 Å². The van der Waals surface area contributed by atoms with Crippen LogP contribution in [-0.4, -0.2) is 66.5 Å². The molecule has 0 unspecified atom stereocenters. The van der Waals surface area contributed by atoms with E-state index >= 15 is 0 Å². The third-order valence-electron chi connectivity index (χ3n) is 6.42. The van der Waals surface area contributed by atoms with Gasteiger partial charge in [0.1, 0.15) is 5.82 Å². The minimum Gasteiger partial charge on any atom is -0.354 e. The molecule has 1 aromatic heterocycles. The summed E-state index contributed by atoms with van der Waals surface area (Å²) in [7, 11) is 0. The van der Waals surface area contributed by atoms with Gasteiger partial charge in [-0.2, -0.15) is 0 Å². The molecule has 0 radical (unpaired) electrons. The first-order valence-electron chi connectivity index (χ1n) is 11.0. The molecule has 154 valence electrons. The second-order valence-corrected chi connectivity index (χ2v) is 8.24. The van der Waals surface area contributed by atoms with E-state index in [-0.39, 0.29) is 5.91 Å². The first kappa shape index (κ1) is 19.1. The number of aromatic nitrogens is 1. The van der Waals surface area contributed by atoms with Crippen molar-refractivity contribution in [2.24, 2.45) is 0 Å². The van der Waals surface area contributed by atoms with E-state index < -0.39 is 0 Å². The molecular weight excluding hydrogens is 372 g/mol. The highest BCUT2D eigenvalue weighted by Gasteiger charge is 2.24. The third kappa shape index (κ3) is 3.77. The molecule has 5 nitrogen and oxygen atoms in total. The molecule has 0 aliphatic carbocycles. The highest BCUT2D eigenvalue weighted by atomic mass is 16.2. The Bertz CT molecular complexity index is 1040. The smallest absolute Gasteiger partial charge is 0.254 e. The van der Waals surface area contributed by atoms with Crippen molar-refractivity contribution in [1.29, 1.82) is 0 Å². The average molecular weight is 401 g/mol. The van der Waals surface area contributed by atoms with Crippen LogP contribution in [0.15, 0.2) is 60.8 Å². The van der Waals surface area contributed by atoms with Gasteiger partial charge in [-0.15, -0.1) is 0 Å². The molecule has 0 saturated carbocycles. The number of piperazine rings is 1. The van der Waals surface area contributed by atoms with Gasteiger partial charge in [-0.1, -0.05) is 42.5 Å². The van der Waals surface area contributed by atoms with Gasteiger partial charge in [0.2, 0.25) is 0 Å². The van der Waals surface area contributed by atoms with E-state index in [1.165, 1.54) is 16.3 Å². The van der Waals surface area contributed by atoms with Gasteiger partial charge in [0.25, 0.3) is 5.91 Å². The minimum atomic E-state index is 0.196. The quantitative estimate of drug-likeness (QED) is 0.673. The molecule has 1 fully saturated rings. The van der Waals surface area contributed by atoms with Gasteiger partial charge >= 0.3 is 0 Å². The Morgan fingerprint density at radius 2 is 1.63 bits per heavy atom. The Balaban J connectivity index is 1.19. The summed E-state index contributed by atoms with van der Waals surface area (Å²) in [6, 6.07) is 18.6. The maximum atomic E-state index is 13.0. The predicted octanol–water partition coefficient (Wildman–Crippen LogP) is 3.45. The molecule has 1 saturated heterocycles. The molecule has 0 bridgehead atoms. The summed E-state index contributed by atoms with van der Waals surface area (Å²) in [4.78, 5) is 24.6. The number of fused-ring (bicyclic) bond motifs is 2. The first-order chi connectivity index (χ1) is 14.8.